The number of aryl methyl sites for hydroxylation is 2. The third-order valence-electron chi connectivity index (χ3n) is 3.43. The molecule has 0 bridgehead atoms. The second-order valence-electron chi connectivity index (χ2n) is 5.19. The molecule has 1 N–H and O–H groups in total. The second-order valence-corrected chi connectivity index (χ2v) is 5.19. The van der Waals surface area contributed by atoms with Gasteiger partial charge in [0.1, 0.15) is 12.2 Å². The van der Waals surface area contributed by atoms with E-state index in [9.17, 15) is 0 Å². The summed E-state index contributed by atoms with van der Waals surface area (Å²) in [5, 5.41) is 7.43. The molecule has 0 aliphatic heterocycles. The normalized spacial score (nSPS) is 11.5. The zero-order chi connectivity index (χ0) is 15.9. The Kier molecular flexibility index (Phi) is 5.46. The summed E-state index contributed by atoms with van der Waals surface area (Å²) in [5.74, 6) is 1.73. The van der Waals surface area contributed by atoms with Gasteiger partial charge in [-0.3, -0.25) is 14.7 Å². The Balaban J connectivity index is 1.84. The van der Waals surface area contributed by atoms with E-state index in [1.54, 1.807) is 18.1 Å². The molecule has 2 aromatic heterocycles. The number of aliphatic imine (C=N–C) groups is 1. The largest absolute Gasteiger partial charge is 0.356 e. The summed E-state index contributed by atoms with van der Waals surface area (Å²) < 4.78 is 1.77. The molecular weight excluding hydrogens is 278 g/mol. The summed E-state index contributed by atoms with van der Waals surface area (Å²) in [4.78, 5) is 14.9. The van der Waals surface area contributed by atoms with E-state index in [1.165, 1.54) is 5.56 Å². The average Bonchev–Trinajstić information content (AvgIpc) is 2.90. The highest BCUT2D eigenvalue weighted by Crippen LogP contribution is 2.01. The molecule has 2 heterocycles. The molecule has 0 amide bonds. The molecule has 0 saturated heterocycles. The van der Waals surface area contributed by atoms with Crippen molar-refractivity contribution >= 4 is 5.96 Å². The van der Waals surface area contributed by atoms with E-state index >= 15 is 0 Å². The highest BCUT2D eigenvalue weighted by atomic mass is 15.4. The van der Waals surface area contributed by atoms with Crippen LogP contribution in [0.25, 0.3) is 0 Å². The van der Waals surface area contributed by atoms with Crippen molar-refractivity contribution < 1.29 is 0 Å². The zero-order valence-electron chi connectivity index (χ0n) is 13.6. The third-order valence-corrected chi connectivity index (χ3v) is 3.43. The van der Waals surface area contributed by atoms with Crippen LogP contribution in [-0.4, -0.2) is 51.2 Å². The molecule has 2 aromatic rings. The van der Waals surface area contributed by atoms with Gasteiger partial charge in [-0.05, 0) is 25.0 Å². The smallest absolute Gasteiger partial charge is 0.193 e. The van der Waals surface area contributed by atoms with Crippen molar-refractivity contribution in [3.63, 3.8) is 0 Å². The minimum Gasteiger partial charge on any atom is -0.356 e. The quantitative estimate of drug-likeness (QED) is 0.652. The van der Waals surface area contributed by atoms with Gasteiger partial charge < -0.3 is 10.2 Å². The molecule has 118 valence electrons. The summed E-state index contributed by atoms with van der Waals surface area (Å²) in [7, 11) is 5.65. The van der Waals surface area contributed by atoms with Gasteiger partial charge in [-0.15, -0.1) is 0 Å². The van der Waals surface area contributed by atoms with Gasteiger partial charge >= 0.3 is 0 Å². The van der Waals surface area contributed by atoms with E-state index in [4.69, 9.17) is 0 Å². The highest BCUT2D eigenvalue weighted by Gasteiger charge is 2.09. The maximum Gasteiger partial charge on any atom is 0.193 e. The topological polar surface area (TPSA) is 71.2 Å². The van der Waals surface area contributed by atoms with Gasteiger partial charge in [0.15, 0.2) is 5.96 Å². The van der Waals surface area contributed by atoms with Crippen molar-refractivity contribution in [2.75, 3.05) is 20.6 Å². The Morgan fingerprint density at radius 2 is 2.18 bits per heavy atom. The molecule has 0 radical (unpaired) electrons. The summed E-state index contributed by atoms with van der Waals surface area (Å²) in [5.41, 5.74) is 2.25. The van der Waals surface area contributed by atoms with E-state index in [1.807, 2.05) is 38.2 Å². The van der Waals surface area contributed by atoms with Gasteiger partial charge in [0.05, 0.1) is 6.54 Å². The van der Waals surface area contributed by atoms with E-state index in [2.05, 4.69) is 31.4 Å². The molecule has 0 unspecified atom stereocenters. The first-order chi connectivity index (χ1) is 10.6. The second kappa shape index (κ2) is 7.53. The molecule has 22 heavy (non-hydrogen) atoms. The average molecular weight is 301 g/mol. The molecule has 0 fully saturated rings. The van der Waals surface area contributed by atoms with Crippen LogP contribution < -0.4 is 5.32 Å². The summed E-state index contributed by atoms with van der Waals surface area (Å²) in [6, 6.07) is 4.14. The third kappa shape index (κ3) is 4.28. The fourth-order valence-corrected chi connectivity index (χ4v) is 2.10. The number of nitrogens with zero attached hydrogens (tertiary/aromatic N) is 6. The molecule has 0 aromatic carbocycles. The van der Waals surface area contributed by atoms with E-state index in [0.717, 1.165) is 30.4 Å². The number of aromatic nitrogens is 4. The lowest BCUT2D eigenvalue weighted by Gasteiger charge is -2.21. The van der Waals surface area contributed by atoms with Gasteiger partial charge in [0, 0.05) is 39.6 Å². The fraction of sp³-hybridized carbons (Fsp3) is 0.467. The maximum absolute atomic E-state index is 4.31. The van der Waals surface area contributed by atoms with Crippen LogP contribution >= 0.6 is 0 Å². The van der Waals surface area contributed by atoms with Crippen molar-refractivity contribution in [1.29, 1.82) is 0 Å². The molecule has 0 aliphatic carbocycles. The number of guanidine groups is 1. The monoisotopic (exact) mass is 301 g/mol. The maximum atomic E-state index is 4.31. The number of hydrogen-bond acceptors (Lipinski definition) is 4. The first-order valence-electron chi connectivity index (χ1n) is 7.26. The van der Waals surface area contributed by atoms with Crippen molar-refractivity contribution in [2.24, 2.45) is 12.0 Å². The molecule has 0 atom stereocenters. The molecule has 0 spiro atoms. The molecule has 0 aliphatic rings. The van der Waals surface area contributed by atoms with E-state index in [0.29, 0.717) is 6.54 Å². The minimum atomic E-state index is 0.655. The molecule has 7 heteroatoms. The standard InChI is InChI=1S/C15H23N7/c1-12-5-6-13(9-18-12)7-8-17-15(16-2)21(3)10-14-19-11-20-22(14)4/h5-6,9,11H,7-8,10H2,1-4H3,(H,16,17). The van der Waals surface area contributed by atoms with Gasteiger partial charge in [0.2, 0.25) is 0 Å². The molecule has 2 rings (SSSR count). The van der Waals surface area contributed by atoms with Crippen molar-refractivity contribution in [3.05, 3.63) is 41.7 Å². The van der Waals surface area contributed by atoms with Crippen LogP contribution in [0.15, 0.2) is 29.6 Å². The Hall–Kier alpha value is -2.44. The Morgan fingerprint density at radius 1 is 1.36 bits per heavy atom. The van der Waals surface area contributed by atoms with Crippen LogP contribution in [0.5, 0.6) is 0 Å². The van der Waals surface area contributed by atoms with Crippen molar-refractivity contribution in [3.8, 4) is 0 Å². The first-order valence-corrected chi connectivity index (χ1v) is 7.26. The van der Waals surface area contributed by atoms with Gasteiger partial charge in [0.25, 0.3) is 0 Å². The van der Waals surface area contributed by atoms with Crippen LogP contribution in [0.4, 0.5) is 0 Å². The summed E-state index contributed by atoms with van der Waals surface area (Å²) in [6.45, 7) is 3.45. The minimum absolute atomic E-state index is 0.655. The van der Waals surface area contributed by atoms with Crippen molar-refractivity contribution in [2.45, 2.75) is 19.9 Å². The van der Waals surface area contributed by atoms with Crippen LogP contribution in [0.2, 0.25) is 0 Å². The van der Waals surface area contributed by atoms with Crippen molar-refractivity contribution in [1.82, 2.24) is 30.0 Å². The number of hydrogen-bond donors (Lipinski definition) is 1. The summed E-state index contributed by atoms with van der Waals surface area (Å²) in [6.07, 6.45) is 4.39. The SMILES string of the molecule is CN=C(NCCc1ccc(C)nc1)N(C)Cc1ncnn1C. The number of rotatable bonds is 5. The van der Waals surface area contributed by atoms with E-state index in [-0.39, 0.29) is 0 Å². The molecule has 7 nitrogen and oxygen atoms in total. The van der Waals surface area contributed by atoms with Gasteiger partial charge in [-0.2, -0.15) is 5.10 Å². The van der Waals surface area contributed by atoms with Crippen LogP contribution in [-0.2, 0) is 20.0 Å². The molecular formula is C15H23N7. The van der Waals surface area contributed by atoms with Gasteiger partial charge in [-0.25, -0.2) is 4.98 Å². The summed E-state index contributed by atoms with van der Waals surface area (Å²) >= 11 is 0. The van der Waals surface area contributed by atoms with E-state index < -0.39 is 0 Å². The number of nitrogens with one attached hydrogen (secondary N) is 1. The first kappa shape index (κ1) is 15.9. The Labute approximate surface area is 131 Å². The Bertz CT molecular complexity index is 615. The van der Waals surface area contributed by atoms with Crippen LogP contribution in [0.3, 0.4) is 0 Å². The van der Waals surface area contributed by atoms with Gasteiger partial charge in [-0.1, -0.05) is 6.07 Å². The lowest BCUT2D eigenvalue weighted by molar-refractivity contribution is 0.449. The van der Waals surface area contributed by atoms with Crippen LogP contribution in [0, 0.1) is 6.92 Å². The Morgan fingerprint density at radius 3 is 2.77 bits per heavy atom. The predicted molar refractivity (Wildman–Crippen MR) is 86.5 cm³/mol. The predicted octanol–water partition coefficient (Wildman–Crippen LogP) is 0.768. The fourth-order valence-electron chi connectivity index (χ4n) is 2.10. The van der Waals surface area contributed by atoms with Crippen LogP contribution in [0.1, 0.15) is 17.1 Å². The lowest BCUT2D eigenvalue weighted by Crippen LogP contribution is -2.39. The lowest BCUT2D eigenvalue weighted by atomic mass is 10.2. The highest BCUT2D eigenvalue weighted by molar-refractivity contribution is 5.79. The molecule has 0 saturated carbocycles. The number of pyridine rings is 1. The zero-order valence-corrected chi connectivity index (χ0v) is 13.6.